The number of rotatable bonds is 11. The van der Waals surface area contributed by atoms with Gasteiger partial charge in [-0.15, -0.1) is 11.3 Å². The highest BCUT2D eigenvalue weighted by atomic mass is 32.1. The molecule has 2 atom stereocenters. The first-order valence-electron chi connectivity index (χ1n) is 14.2. The standard InChI is InChI=1S/C33H38N4O5S/c1-5-27(18-20-41-30(38)36-32(2,3)4)37(22-24-14-16-25(17-15-24)28-13-9-10-19-35-28)31(39)42-33(40,29-21-34-23-43-29)26-11-7-6-8-12-26/h6-17,19,21,23,27,40H,5,18,20,22H2,1-4H3,(H,36,38). The van der Waals surface area contributed by atoms with Crippen molar-refractivity contribution in [3.05, 3.63) is 107 Å². The number of carbonyl (C=O) groups excluding carboxylic acids is 2. The molecule has 2 N–H and O–H groups in total. The molecule has 9 nitrogen and oxygen atoms in total. The summed E-state index contributed by atoms with van der Waals surface area (Å²) in [5, 5.41) is 14.6. The van der Waals surface area contributed by atoms with E-state index < -0.39 is 23.5 Å². The minimum atomic E-state index is -2.04. The maximum atomic E-state index is 14.0. The van der Waals surface area contributed by atoms with Crippen LogP contribution in [0.5, 0.6) is 0 Å². The Morgan fingerprint density at radius 1 is 1.02 bits per heavy atom. The minimum Gasteiger partial charge on any atom is -0.449 e. The lowest BCUT2D eigenvalue weighted by atomic mass is 10.0. The molecule has 226 valence electrons. The number of carbonyl (C=O) groups is 2. The van der Waals surface area contributed by atoms with Gasteiger partial charge in [0.1, 0.15) is 4.88 Å². The summed E-state index contributed by atoms with van der Waals surface area (Å²) >= 11 is 1.19. The molecule has 4 rings (SSSR count). The molecule has 0 spiro atoms. The largest absolute Gasteiger partial charge is 0.449 e. The first-order chi connectivity index (χ1) is 20.6. The summed E-state index contributed by atoms with van der Waals surface area (Å²) in [7, 11) is 0. The van der Waals surface area contributed by atoms with E-state index in [2.05, 4.69) is 15.3 Å². The molecule has 0 saturated carbocycles. The first kappa shape index (κ1) is 31.7. The smallest absolute Gasteiger partial charge is 0.413 e. The average molecular weight is 603 g/mol. The second-order valence-corrected chi connectivity index (χ2v) is 12.0. The Hall–Kier alpha value is -4.28. The highest BCUT2D eigenvalue weighted by molar-refractivity contribution is 7.09. The summed E-state index contributed by atoms with van der Waals surface area (Å²) in [4.78, 5) is 36.7. The SMILES string of the molecule is CCC(CCOC(=O)NC(C)(C)C)N(Cc1ccc(-c2ccccn2)cc1)C(=O)OC(O)(c1ccccc1)c1cncs1. The van der Waals surface area contributed by atoms with Gasteiger partial charge in [0, 0.05) is 48.1 Å². The van der Waals surface area contributed by atoms with Crippen molar-refractivity contribution in [2.45, 2.75) is 64.4 Å². The fraction of sp³-hybridized carbons (Fsp3) is 0.333. The van der Waals surface area contributed by atoms with Gasteiger partial charge in [-0.3, -0.25) is 9.97 Å². The van der Waals surface area contributed by atoms with E-state index in [1.807, 2.05) is 76.2 Å². The number of aromatic nitrogens is 2. The molecule has 0 saturated heterocycles. The maximum Gasteiger partial charge on any atom is 0.413 e. The number of thiazole rings is 1. The molecule has 0 fully saturated rings. The van der Waals surface area contributed by atoms with E-state index in [1.54, 1.807) is 40.9 Å². The van der Waals surface area contributed by atoms with Crippen LogP contribution in [0.2, 0.25) is 0 Å². The van der Waals surface area contributed by atoms with Gasteiger partial charge in [-0.2, -0.15) is 0 Å². The molecule has 2 amide bonds. The third-order valence-corrected chi connectivity index (χ3v) is 7.60. The number of benzene rings is 2. The number of ether oxygens (including phenoxy) is 2. The third-order valence-electron chi connectivity index (χ3n) is 6.74. The van der Waals surface area contributed by atoms with Gasteiger partial charge in [-0.1, -0.05) is 67.6 Å². The van der Waals surface area contributed by atoms with Crippen LogP contribution in [0.4, 0.5) is 9.59 Å². The summed E-state index contributed by atoms with van der Waals surface area (Å²) in [5.41, 5.74) is 4.21. The summed E-state index contributed by atoms with van der Waals surface area (Å²) in [6.45, 7) is 7.88. The number of nitrogens with zero attached hydrogens (tertiary/aromatic N) is 3. The van der Waals surface area contributed by atoms with Gasteiger partial charge in [-0.05, 0) is 44.9 Å². The molecule has 0 aliphatic heterocycles. The van der Waals surface area contributed by atoms with Crippen molar-refractivity contribution in [1.29, 1.82) is 0 Å². The zero-order valence-electron chi connectivity index (χ0n) is 24.9. The van der Waals surface area contributed by atoms with Gasteiger partial charge in [-0.25, -0.2) is 9.59 Å². The van der Waals surface area contributed by atoms with Gasteiger partial charge < -0.3 is 24.8 Å². The summed E-state index contributed by atoms with van der Waals surface area (Å²) < 4.78 is 11.4. The average Bonchev–Trinajstić information content (AvgIpc) is 3.55. The highest BCUT2D eigenvalue weighted by Crippen LogP contribution is 2.34. The number of nitrogens with one attached hydrogen (secondary N) is 1. The zero-order chi connectivity index (χ0) is 30.9. The Bertz CT molecular complexity index is 1440. The van der Waals surface area contributed by atoms with E-state index in [1.165, 1.54) is 17.5 Å². The van der Waals surface area contributed by atoms with Gasteiger partial charge in [0.25, 0.3) is 5.79 Å². The van der Waals surface area contributed by atoms with E-state index in [0.29, 0.717) is 23.3 Å². The predicted molar refractivity (Wildman–Crippen MR) is 166 cm³/mol. The monoisotopic (exact) mass is 602 g/mol. The van der Waals surface area contributed by atoms with Crippen molar-refractivity contribution in [2.75, 3.05) is 6.61 Å². The van der Waals surface area contributed by atoms with Crippen LogP contribution in [0.15, 0.2) is 90.7 Å². The number of pyridine rings is 1. The molecule has 0 radical (unpaired) electrons. The van der Waals surface area contributed by atoms with Crippen LogP contribution in [0.1, 0.15) is 56.5 Å². The quantitative estimate of drug-likeness (QED) is 0.183. The second kappa shape index (κ2) is 14.3. The molecule has 2 unspecified atom stereocenters. The van der Waals surface area contributed by atoms with Crippen molar-refractivity contribution in [2.24, 2.45) is 0 Å². The normalized spacial score (nSPS) is 13.4. The molecule has 4 aromatic rings. The highest BCUT2D eigenvalue weighted by Gasteiger charge is 2.40. The van der Waals surface area contributed by atoms with Crippen LogP contribution in [-0.4, -0.2) is 50.3 Å². The Kier molecular flexibility index (Phi) is 10.5. The van der Waals surface area contributed by atoms with Crippen LogP contribution in [0.3, 0.4) is 0 Å². The van der Waals surface area contributed by atoms with Crippen molar-refractivity contribution in [3.63, 3.8) is 0 Å². The maximum absolute atomic E-state index is 14.0. The molecule has 0 bridgehead atoms. The fourth-order valence-corrected chi connectivity index (χ4v) is 5.22. The second-order valence-electron chi connectivity index (χ2n) is 11.1. The molecule has 2 heterocycles. The molecule has 0 aliphatic carbocycles. The molecular weight excluding hydrogens is 564 g/mol. The Morgan fingerprint density at radius 3 is 2.35 bits per heavy atom. The number of amides is 2. The van der Waals surface area contributed by atoms with Crippen molar-refractivity contribution < 1.29 is 24.2 Å². The van der Waals surface area contributed by atoms with E-state index in [0.717, 1.165) is 16.8 Å². The van der Waals surface area contributed by atoms with Gasteiger partial charge in [0.05, 0.1) is 17.8 Å². The molecular formula is C33H38N4O5S. The lowest BCUT2D eigenvalue weighted by Gasteiger charge is -2.35. The van der Waals surface area contributed by atoms with Gasteiger partial charge >= 0.3 is 12.2 Å². The van der Waals surface area contributed by atoms with Crippen LogP contribution in [-0.2, 0) is 21.8 Å². The Balaban J connectivity index is 1.59. The first-order valence-corrected chi connectivity index (χ1v) is 15.1. The lowest BCUT2D eigenvalue weighted by Crippen LogP contribution is -2.45. The van der Waals surface area contributed by atoms with E-state index in [-0.39, 0.29) is 19.2 Å². The fourth-order valence-electron chi connectivity index (χ4n) is 4.55. The molecule has 10 heteroatoms. The number of hydrogen-bond donors (Lipinski definition) is 2. The molecule has 43 heavy (non-hydrogen) atoms. The van der Waals surface area contributed by atoms with Crippen LogP contribution < -0.4 is 5.32 Å². The van der Waals surface area contributed by atoms with Crippen LogP contribution >= 0.6 is 11.3 Å². The third kappa shape index (κ3) is 8.62. The van der Waals surface area contributed by atoms with Gasteiger partial charge in [0.15, 0.2) is 0 Å². The van der Waals surface area contributed by atoms with E-state index in [9.17, 15) is 14.7 Å². The zero-order valence-corrected chi connectivity index (χ0v) is 25.7. The van der Waals surface area contributed by atoms with E-state index in [4.69, 9.17) is 9.47 Å². The van der Waals surface area contributed by atoms with Crippen molar-refractivity contribution in [3.8, 4) is 11.3 Å². The molecule has 0 aliphatic rings. The van der Waals surface area contributed by atoms with Crippen molar-refractivity contribution in [1.82, 2.24) is 20.2 Å². The summed E-state index contributed by atoms with van der Waals surface area (Å²) in [6, 6.07) is 21.9. The van der Waals surface area contributed by atoms with Crippen molar-refractivity contribution >= 4 is 23.5 Å². The molecule has 2 aromatic heterocycles. The topological polar surface area (TPSA) is 114 Å². The number of hydrogen-bond acceptors (Lipinski definition) is 8. The lowest BCUT2D eigenvalue weighted by molar-refractivity contribution is -0.144. The van der Waals surface area contributed by atoms with Gasteiger partial charge in [0.2, 0.25) is 0 Å². The minimum absolute atomic E-state index is 0.0978. The summed E-state index contributed by atoms with van der Waals surface area (Å²) in [5.74, 6) is -2.04. The molecule has 2 aromatic carbocycles. The van der Waals surface area contributed by atoms with Crippen LogP contribution in [0, 0.1) is 0 Å². The Morgan fingerprint density at radius 2 is 1.74 bits per heavy atom. The Labute approximate surface area is 256 Å². The van der Waals surface area contributed by atoms with Crippen LogP contribution in [0.25, 0.3) is 11.3 Å². The number of alkyl carbamates (subject to hydrolysis) is 1. The van der Waals surface area contributed by atoms with E-state index >= 15 is 0 Å². The summed E-state index contributed by atoms with van der Waals surface area (Å²) in [6.07, 6.45) is 2.94. The number of aliphatic hydroxyl groups is 1. The predicted octanol–water partition coefficient (Wildman–Crippen LogP) is 6.73.